The van der Waals surface area contributed by atoms with Gasteiger partial charge in [0.1, 0.15) is 12.7 Å². The molecule has 84 valence electrons. The van der Waals surface area contributed by atoms with Gasteiger partial charge < -0.3 is 20.0 Å². The summed E-state index contributed by atoms with van der Waals surface area (Å²) in [5.41, 5.74) is 0. The van der Waals surface area contributed by atoms with E-state index < -0.39 is 39.1 Å². The highest BCUT2D eigenvalue weighted by Gasteiger charge is 2.27. The van der Waals surface area contributed by atoms with E-state index in [2.05, 4.69) is 4.52 Å². The first-order chi connectivity index (χ1) is 6.28. The van der Waals surface area contributed by atoms with Gasteiger partial charge in [-0.05, 0) is 0 Å². The zero-order chi connectivity index (χ0) is 11.4. The van der Waals surface area contributed by atoms with Gasteiger partial charge in [0.05, 0.1) is 6.61 Å². The standard InChI is InChI=1S/C5H10FO7P/c6-5(3(8)1-7)4(9)2-13-14(10,11)12/h3,5,7-8H,1-2H2,(H2,10,11,12)/t3-,5-/m0/s1. The Kier molecular flexibility index (Phi) is 5.35. The number of carbonyl (C=O) groups excluding carboxylic acids is 1. The summed E-state index contributed by atoms with van der Waals surface area (Å²) in [7, 11) is -4.83. The van der Waals surface area contributed by atoms with Crippen LogP contribution in [0, 0.1) is 0 Å². The Hall–Kier alpha value is -0.370. The van der Waals surface area contributed by atoms with Crippen LogP contribution in [0.15, 0.2) is 0 Å². The normalized spacial score (nSPS) is 16.4. The van der Waals surface area contributed by atoms with Gasteiger partial charge in [-0.25, -0.2) is 8.96 Å². The molecule has 9 heteroatoms. The molecule has 7 nitrogen and oxygen atoms in total. The molecule has 0 saturated heterocycles. The number of phosphoric ester groups is 1. The SMILES string of the molecule is O=C(COP(=O)(O)O)[C@@H](F)[C@@H](O)CO. The Labute approximate surface area is 78.4 Å². The van der Waals surface area contributed by atoms with E-state index in [1.807, 2.05) is 0 Å². The molecule has 2 atom stereocenters. The van der Waals surface area contributed by atoms with E-state index in [-0.39, 0.29) is 0 Å². The number of halogens is 1. The van der Waals surface area contributed by atoms with Crippen LogP contribution >= 0.6 is 7.82 Å². The highest BCUT2D eigenvalue weighted by molar-refractivity contribution is 7.46. The smallest absolute Gasteiger partial charge is 0.394 e. The number of hydrogen-bond acceptors (Lipinski definition) is 5. The lowest BCUT2D eigenvalue weighted by Gasteiger charge is -2.12. The molecule has 0 unspecified atom stereocenters. The summed E-state index contributed by atoms with van der Waals surface area (Å²) in [6.07, 6.45) is -4.34. The first-order valence-electron chi connectivity index (χ1n) is 3.43. The Bertz CT molecular complexity index is 238. The van der Waals surface area contributed by atoms with Crippen LogP contribution in [0.1, 0.15) is 0 Å². The van der Waals surface area contributed by atoms with Crippen LogP contribution in [0.5, 0.6) is 0 Å². The maximum Gasteiger partial charge on any atom is 0.470 e. The van der Waals surface area contributed by atoms with Gasteiger partial charge >= 0.3 is 7.82 Å². The minimum Gasteiger partial charge on any atom is -0.394 e. The summed E-state index contributed by atoms with van der Waals surface area (Å²) in [6.45, 7) is -2.13. The fourth-order valence-corrected chi connectivity index (χ4v) is 0.830. The molecule has 0 rings (SSSR count). The van der Waals surface area contributed by atoms with Gasteiger partial charge in [-0.1, -0.05) is 0 Å². The van der Waals surface area contributed by atoms with E-state index in [0.717, 1.165) is 0 Å². The number of Topliss-reactive ketones (excluding diaryl/α,β-unsaturated/α-hetero) is 1. The molecular weight excluding hydrogens is 222 g/mol. The Morgan fingerprint density at radius 1 is 1.50 bits per heavy atom. The minimum atomic E-state index is -4.83. The average Bonchev–Trinajstić information content (AvgIpc) is 2.10. The van der Waals surface area contributed by atoms with Crippen molar-refractivity contribution in [3.05, 3.63) is 0 Å². The molecule has 0 radical (unpaired) electrons. The minimum absolute atomic E-state index is 0.969. The number of alkyl halides is 1. The highest BCUT2D eigenvalue weighted by atomic mass is 31.2. The van der Waals surface area contributed by atoms with Crippen molar-refractivity contribution in [3.63, 3.8) is 0 Å². The molecule has 0 aliphatic carbocycles. The van der Waals surface area contributed by atoms with Gasteiger partial charge in [-0.3, -0.25) is 9.32 Å². The van der Waals surface area contributed by atoms with Crippen molar-refractivity contribution in [2.45, 2.75) is 12.3 Å². The first kappa shape index (κ1) is 13.6. The van der Waals surface area contributed by atoms with Gasteiger partial charge in [-0.2, -0.15) is 0 Å². The van der Waals surface area contributed by atoms with Gasteiger partial charge in [0, 0.05) is 0 Å². The molecule has 4 N–H and O–H groups in total. The summed E-state index contributed by atoms with van der Waals surface area (Å²) < 4.78 is 26.4. The van der Waals surface area contributed by atoms with Crippen LogP contribution in [0.3, 0.4) is 0 Å². The molecule has 0 amide bonds. The Morgan fingerprint density at radius 2 is 2.00 bits per heavy atom. The van der Waals surface area contributed by atoms with Crippen LogP contribution in [-0.4, -0.2) is 51.3 Å². The molecular formula is C5H10FO7P. The molecule has 0 aliphatic rings. The second-order valence-electron chi connectivity index (χ2n) is 2.38. The third-order valence-electron chi connectivity index (χ3n) is 1.21. The Morgan fingerprint density at radius 3 is 2.36 bits per heavy atom. The predicted molar refractivity (Wildman–Crippen MR) is 41.0 cm³/mol. The lowest BCUT2D eigenvalue weighted by Crippen LogP contribution is -2.34. The number of rotatable bonds is 6. The van der Waals surface area contributed by atoms with Gasteiger partial charge in [0.2, 0.25) is 0 Å². The number of ketones is 1. The van der Waals surface area contributed by atoms with Crippen molar-refractivity contribution in [2.24, 2.45) is 0 Å². The fourth-order valence-electron chi connectivity index (χ4n) is 0.534. The molecule has 0 aromatic rings. The van der Waals surface area contributed by atoms with E-state index >= 15 is 0 Å². The van der Waals surface area contributed by atoms with E-state index in [9.17, 15) is 13.8 Å². The predicted octanol–water partition coefficient (Wildman–Crippen LogP) is -1.64. The topological polar surface area (TPSA) is 124 Å². The number of aliphatic hydroxyl groups is 2. The second-order valence-corrected chi connectivity index (χ2v) is 3.62. The number of carbonyl (C=O) groups is 1. The molecule has 0 fully saturated rings. The molecule has 0 aliphatic heterocycles. The first-order valence-corrected chi connectivity index (χ1v) is 4.96. The van der Waals surface area contributed by atoms with E-state index in [1.54, 1.807) is 0 Å². The van der Waals surface area contributed by atoms with Crippen molar-refractivity contribution in [1.29, 1.82) is 0 Å². The molecule has 0 heterocycles. The largest absolute Gasteiger partial charge is 0.470 e. The van der Waals surface area contributed by atoms with Crippen molar-refractivity contribution in [2.75, 3.05) is 13.2 Å². The van der Waals surface area contributed by atoms with E-state index in [4.69, 9.17) is 20.0 Å². The molecule has 0 spiro atoms. The van der Waals surface area contributed by atoms with Crippen LogP contribution < -0.4 is 0 Å². The molecule has 0 saturated carbocycles. The second kappa shape index (κ2) is 5.50. The summed E-state index contributed by atoms with van der Waals surface area (Å²) in [4.78, 5) is 27.0. The van der Waals surface area contributed by atoms with Crippen molar-refractivity contribution in [3.8, 4) is 0 Å². The summed E-state index contributed by atoms with van der Waals surface area (Å²) in [5.74, 6) is -1.35. The maximum atomic E-state index is 12.7. The van der Waals surface area contributed by atoms with Gasteiger partial charge in [0.25, 0.3) is 0 Å². The van der Waals surface area contributed by atoms with E-state index in [1.165, 1.54) is 0 Å². The number of hydrogen-bond donors (Lipinski definition) is 4. The fraction of sp³-hybridized carbons (Fsp3) is 0.800. The third-order valence-corrected chi connectivity index (χ3v) is 1.67. The van der Waals surface area contributed by atoms with Crippen LogP contribution in [0.4, 0.5) is 4.39 Å². The van der Waals surface area contributed by atoms with Crippen LogP contribution in [0.2, 0.25) is 0 Å². The van der Waals surface area contributed by atoms with Crippen molar-refractivity contribution < 1.29 is 38.3 Å². The quantitative estimate of drug-likeness (QED) is 0.404. The summed E-state index contributed by atoms with van der Waals surface area (Å²) in [6, 6.07) is 0. The average molecular weight is 232 g/mol. The Balaban J connectivity index is 4.03. The van der Waals surface area contributed by atoms with Gasteiger partial charge in [-0.15, -0.1) is 0 Å². The summed E-state index contributed by atoms with van der Waals surface area (Å²) >= 11 is 0. The van der Waals surface area contributed by atoms with Crippen LogP contribution in [-0.2, 0) is 13.9 Å². The van der Waals surface area contributed by atoms with Crippen molar-refractivity contribution in [1.82, 2.24) is 0 Å². The van der Waals surface area contributed by atoms with Gasteiger partial charge in [0.15, 0.2) is 12.0 Å². The molecule has 0 bridgehead atoms. The third kappa shape index (κ3) is 5.38. The zero-order valence-corrected chi connectivity index (χ0v) is 7.80. The van der Waals surface area contributed by atoms with E-state index in [0.29, 0.717) is 0 Å². The maximum absolute atomic E-state index is 12.7. The summed E-state index contributed by atoms with van der Waals surface area (Å²) in [5, 5.41) is 16.9. The highest BCUT2D eigenvalue weighted by Crippen LogP contribution is 2.35. The lowest BCUT2D eigenvalue weighted by atomic mass is 10.1. The molecule has 0 aromatic heterocycles. The number of phosphoric acid groups is 1. The number of aliphatic hydroxyl groups excluding tert-OH is 2. The molecule has 0 aromatic carbocycles. The van der Waals surface area contributed by atoms with Crippen molar-refractivity contribution >= 4 is 13.6 Å². The zero-order valence-electron chi connectivity index (χ0n) is 6.91. The van der Waals surface area contributed by atoms with Crippen LogP contribution in [0.25, 0.3) is 0 Å². The monoisotopic (exact) mass is 232 g/mol. The lowest BCUT2D eigenvalue weighted by molar-refractivity contribution is -0.131. The molecule has 14 heavy (non-hydrogen) atoms.